The van der Waals surface area contributed by atoms with Crippen molar-refractivity contribution in [1.82, 2.24) is 0 Å². The number of hydrogen-bond acceptors (Lipinski definition) is 6. The zero-order valence-corrected chi connectivity index (χ0v) is 23.4. The van der Waals surface area contributed by atoms with Gasteiger partial charge in [-0.15, -0.1) is 0 Å². The molecule has 37 heavy (non-hydrogen) atoms. The van der Waals surface area contributed by atoms with Crippen molar-refractivity contribution >= 4 is 95.1 Å². The Hall–Kier alpha value is -2.45. The van der Waals surface area contributed by atoms with E-state index in [0.29, 0.717) is 46.6 Å². The molecule has 1 fully saturated rings. The summed E-state index contributed by atoms with van der Waals surface area (Å²) in [5.74, 6) is -0.616. The smallest absolute Gasteiger partial charge is 0.416 e. The maximum atomic E-state index is 13.0. The molecule has 0 saturated carbocycles. The van der Waals surface area contributed by atoms with Gasteiger partial charge in [-0.2, -0.15) is 13.2 Å². The first-order valence-corrected chi connectivity index (χ1v) is 13.1. The van der Waals surface area contributed by atoms with Crippen molar-refractivity contribution < 1.29 is 27.6 Å². The van der Waals surface area contributed by atoms with Gasteiger partial charge in [-0.05, 0) is 92.0 Å². The van der Waals surface area contributed by atoms with E-state index in [4.69, 9.17) is 28.6 Å². The van der Waals surface area contributed by atoms with Gasteiger partial charge in [0.2, 0.25) is 5.75 Å². The number of halogens is 6. The summed E-state index contributed by atoms with van der Waals surface area (Å²) in [5, 5.41) is 11.9. The molecule has 1 amide bonds. The van der Waals surface area contributed by atoms with Crippen molar-refractivity contribution in [3.8, 4) is 11.5 Å². The summed E-state index contributed by atoms with van der Waals surface area (Å²) in [6.45, 7) is 0. The van der Waals surface area contributed by atoms with E-state index in [1.807, 2.05) is 0 Å². The standard InChI is InChI=1S/C23H10Br2ClF3N2O4S2/c24-15-7-11(9-19-21(32)30(22(36)37-19)14-4-2-13(26)3-5-14)8-16(25)20(15)35-18-6-1-12(23(27,28)29)10-17(18)31(33)34/h1-10H/b19-9+. The molecule has 6 nitrogen and oxygen atoms in total. The normalized spacial score (nSPS) is 15.0. The number of amides is 1. The minimum absolute atomic E-state index is 0.0914. The Bertz CT molecular complexity index is 1460. The molecule has 0 bridgehead atoms. The summed E-state index contributed by atoms with van der Waals surface area (Å²) in [7, 11) is 0. The SMILES string of the molecule is O=C1/C(=C\c2cc(Br)c(Oc3ccc(C(F)(F)F)cc3[N+](=O)[O-])c(Br)c2)SC(=S)N1c1ccc(Cl)cc1. The van der Waals surface area contributed by atoms with E-state index in [1.54, 1.807) is 42.5 Å². The van der Waals surface area contributed by atoms with Crippen LogP contribution < -0.4 is 9.64 Å². The summed E-state index contributed by atoms with van der Waals surface area (Å²) >= 11 is 19.0. The van der Waals surface area contributed by atoms with Gasteiger partial charge >= 0.3 is 11.9 Å². The molecule has 190 valence electrons. The highest BCUT2D eigenvalue weighted by Gasteiger charge is 2.34. The number of benzene rings is 3. The first kappa shape index (κ1) is 27.6. The van der Waals surface area contributed by atoms with Gasteiger partial charge in [0, 0.05) is 11.1 Å². The van der Waals surface area contributed by atoms with Gasteiger partial charge in [-0.25, -0.2) is 0 Å². The molecule has 0 N–H and O–H groups in total. The minimum atomic E-state index is -4.75. The van der Waals surface area contributed by atoms with Crippen molar-refractivity contribution in [2.45, 2.75) is 6.18 Å². The maximum Gasteiger partial charge on any atom is 0.416 e. The number of hydrogen-bond donors (Lipinski definition) is 0. The van der Waals surface area contributed by atoms with Crippen LogP contribution in [-0.2, 0) is 11.0 Å². The number of carbonyl (C=O) groups excluding carboxylic acids is 1. The Labute approximate surface area is 238 Å². The second kappa shape index (κ2) is 10.7. The van der Waals surface area contributed by atoms with E-state index in [9.17, 15) is 28.1 Å². The van der Waals surface area contributed by atoms with E-state index in [1.165, 1.54) is 4.90 Å². The van der Waals surface area contributed by atoms with Gasteiger partial charge in [-0.3, -0.25) is 19.8 Å². The van der Waals surface area contributed by atoms with Gasteiger partial charge in [0.25, 0.3) is 5.91 Å². The number of thiocarbonyl (C=S) groups is 1. The molecule has 0 aromatic heterocycles. The Morgan fingerprint density at radius 2 is 1.70 bits per heavy atom. The lowest BCUT2D eigenvalue weighted by Crippen LogP contribution is -2.27. The van der Waals surface area contributed by atoms with Gasteiger partial charge in [0.15, 0.2) is 10.1 Å². The van der Waals surface area contributed by atoms with Crippen LogP contribution in [0, 0.1) is 10.1 Å². The fraction of sp³-hybridized carbons (Fsp3) is 0.0435. The Kier molecular flexibility index (Phi) is 8.00. The van der Waals surface area contributed by atoms with Crippen LogP contribution in [0.5, 0.6) is 11.5 Å². The summed E-state index contributed by atoms with van der Waals surface area (Å²) in [6, 6.07) is 11.8. The lowest BCUT2D eigenvalue weighted by atomic mass is 10.1. The molecule has 1 heterocycles. The average molecular weight is 695 g/mol. The van der Waals surface area contributed by atoms with Crippen LogP contribution in [0.2, 0.25) is 5.02 Å². The van der Waals surface area contributed by atoms with E-state index in [-0.39, 0.29) is 17.4 Å². The second-order valence-corrected chi connectivity index (χ2v) is 11.2. The largest absolute Gasteiger partial charge is 0.448 e. The van der Waals surface area contributed by atoms with Crippen LogP contribution in [0.3, 0.4) is 0 Å². The number of carbonyl (C=O) groups is 1. The number of nitro benzene ring substituents is 1. The summed E-state index contributed by atoms with van der Waals surface area (Å²) in [6.07, 6.45) is -3.14. The van der Waals surface area contributed by atoms with E-state index < -0.39 is 22.4 Å². The first-order chi connectivity index (χ1) is 17.3. The number of thioether (sulfide) groups is 1. The molecule has 0 unspecified atom stereocenters. The Morgan fingerprint density at radius 1 is 1.08 bits per heavy atom. The lowest BCUT2D eigenvalue weighted by Gasteiger charge is -2.14. The van der Waals surface area contributed by atoms with E-state index in [2.05, 4.69) is 31.9 Å². The topological polar surface area (TPSA) is 72.7 Å². The number of nitrogens with zero attached hydrogens (tertiary/aromatic N) is 2. The zero-order chi connectivity index (χ0) is 27.1. The van der Waals surface area contributed by atoms with Crippen LogP contribution >= 0.6 is 67.4 Å². The molecule has 1 aliphatic heterocycles. The van der Waals surface area contributed by atoms with Crippen LogP contribution in [-0.4, -0.2) is 15.2 Å². The average Bonchev–Trinajstić information content (AvgIpc) is 3.08. The summed E-state index contributed by atoms with van der Waals surface area (Å²) in [4.78, 5) is 25.2. The summed E-state index contributed by atoms with van der Waals surface area (Å²) in [5.41, 5.74) is -0.885. The third kappa shape index (κ3) is 6.01. The molecule has 1 saturated heterocycles. The van der Waals surface area contributed by atoms with Gasteiger partial charge in [0.1, 0.15) is 0 Å². The third-order valence-electron chi connectivity index (χ3n) is 4.89. The van der Waals surface area contributed by atoms with Crippen LogP contribution in [0.1, 0.15) is 11.1 Å². The molecule has 3 aromatic rings. The molecule has 0 aliphatic carbocycles. The highest BCUT2D eigenvalue weighted by molar-refractivity contribution is 9.11. The number of ether oxygens (including phenoxy) is 1. The fourth-order valence-corrected chi connectivity index (χ4v) is 6.03. The molecule has 4 rings (SSSR count). The Morgan fingerprint density at radius 3 is 2.27 bits per heavy atom. The number of rotatable bonds is 5. The monoisotopic (exact) mass is 692 g/mol. The van der Waals surface area contributed by atoms with Crippen molar-refractivity contribution in [3.63, 3.8) is 0 Å². The van der Waals surface area contributed by atoms with Crippen LogP contribution in [0.4, 0.5) is 24.5 Å². The summed E-state index contributed by atoms with van der Waals surface area (Å²) < 4.78 is 45.6. The molecular formula is C23H10Br2ClF3N2O4S2. The molecule has 3 aromatic carbocycles. The molecule has 1 aliphatic rings. The second-order valence-electron chi connectivity index (χ2n) is 7.35. The zero-order valence-electron chi connectivity index (χ0n) is 17.9. The van der Waals surface area contributed by atoms with Crippen LogP contribution in [0.15, 0.2) is 68.4 Å². The first-order valence-electron chi connectivity index (χ1n) is 9.91. The number of nitro groups is 1. The molecule has 0 radical (unpaired) electrons. The van der Waals surface area contributed by atoms with Crippen LogP contribution in [0.25, 0.3) is 6.08 Å². The van der Waals surface area contributed by atoms with Crippen molar-refractivity contribution in [1.29, 1.82) is 0 Å². The molecule has 14 heteroatoms. The predicted octanol–water partition coefficient (Wildman–Crippen LogP) is 8.99. The van der Waals surface area contributed by atoms with Crippen molar-refractivity contribution in [2.24, 2.45) is 0 Å². The highest BCUT2D eigenvalue weighted by atomic mass is 79.9. The predicted molar refractivity (Wildman–Crippen MR) is 147 cm³/mol. The van der Waals surface area contributed by atoms with Crippen molar-refractivity contribution in [2.75, 3.05) is 4.90 Å². The van der Waals surface area contributed by atoms with Gasteiger partial charge in [0.05, 0.1) is 30.0 Å². The third-order valence-corrected chi connectivity index (χ3v) is 7.62. The number of alkyl halides is 3. The fourth-order valence-electron chi connectivity index (χ4n) is 3.22. The minimum Gasteiger partial charge on any atom is -0.448 e. The maximum absolute atomic E-state index is 13.0. The number of anilines is 1. The highest BCUT2D eigenvalue weighted by Crippen LogP contribution is 2.43. The van der Waals surface area contributed by atoms with Crippen molar-refractivity contribution in [3.05, 3.63) is 94.7 Å². The molecular weight excluding hydrogens is 685 g/mol. The van der Waals surface area contributed by atoms with Gasteiger partial charge in [-0.1, -0.05) is 35.6 Å². The lowest BCUT2D eigenvalue weighted by molar-refractivity contribution is -0.385. The quantitative estimate of drug-likeness (QED) is 0.115. The molecule has 0 atom stereocenters. The van der Waals surface area contributed by atoms with E-state index >= 15 is 0 Å². The van der Waals surface area contributed by atoms with E-state index in [0.717, 1.165) is 17.8 Å². The Balaban J connectivity index is 1.63. The molecule has 0 spiro atoms. The van der Waals surface area contributed by atoms with Gasteiger partial charge < -0.3 is 4.74 Å².